The molecule has 202 valence electrons. The molecule has 0 atom stereocenters. The molecule has 1 saturated carbocycles. The summed E-state index contributed by atoms with van der Waals surface area (Å²) in [4.78, 5) is 15.7. The maximum Gasteiger partial charge on any atom is 0.322 e. The maximum absolute atomic E-state index is 13.7. The fourth-order valence-corrected chi connectivity index (χ4v) is 7.67. The van der Waals surface area contributed by atoms with E-state index in [-0.39, 0.29) is 28.8 Å². The number of nitrogens with two attached hydrogens (primary N) is 1. The highest BCUT2D eigenvalue weighted by molar-refractivity contribution is 7.89. The first-order valence-electron chi connectivity index (χ1n) is 13.1. The molecule has 12 heteroatoms. The topological polar surface area (TPSA) is 145 Å². The molecule has 0 spiro atoms. The Bertz CT molecular complexity index is 1410. The van der Waals surface area contributed by atoms with Gasteiger partial charge in [0.25, 0.3) is 0 Å². The third kappa shape index (κ3) is 5.52. The standard InChI is InChI=1S/C26H33N7O3S2/c27-25(28)18-7-5-10-21(17-18)33(20-8-3-1-2-4-9-20)26(34)29-19-13-15-32(16-14-19)38(35,36)23-12-6-11-22-24(23)31-37-30-22/h5-7,10-12,17,19-20H,1-4,8-9,13-16H2,(H3,27,28)(H,29,34). The molecule has 0 radical (unpaired) electrons. The number of sulfonamides is 1. The predicted octanol–water partition coefficient (Wildman–Crippen LogP) is 4.07. The van der Waals surface area contributed by atoms with Gasteiger partial charge in [-0.3, -0.25) is 10.3 Å². The molecule has 2 heterocycles. The van der Waals surface area contributed by atoms with Crippen molar-refractivity contribution < 1.29 is 13.2 Å². The summed E-state index contributed by atoms with van der Waals surface area (Å²) in [5.74, 6) is -0.0363. The summed E-state index contributed by atoms with van der Waals surface area (Å²) in [6.45, 7) is 0.620. The molecule has 3 aromatic rings. The number of amidine groups is 1. The van der Waals surface area contributed by atoms with Gasteiger partial charge in [0.2, 0.25) is 10.0 Å². The summed E-state index contributed by atoms with van der Waals surface area (Å²) in [5, 5.41) is 11.0. The van der Waals surface area contributed by atoms with Gasteiger partial charge in [0, 0.05) is 36.4 Å². The number of nitrogens with zero attached hydrogens (tertiary/aromatic N) is 4. The average molecular weight is 556 g/mol. The smallest absolute Gasteiger partial charge is 0.322 e. The number of amides is 2. The quantitative estimate of drug-likeness (QED) is 0.237. The minimum Gasteiger partial charge on any atom is -0.384 e. The van der Waals surface area contributed by atoms with E-state index in [0.29, 0.717) is 42.5 Å². The van der Waals surface area contributed by atoms with Crippen molar-refractivity contribution in [3.05, 3.63) is 48.0 Å². The first-order valence-corrected chi connectivity index (χ1v) is 15.3. The van der Waals surface area contributed by atoms with Gasteiger partial charge in [0.1, 0.15) is 21.8 Å². The Labute approximate surface area is 227 Å². The highest BCUT2D eigenvalue weighted by Gasteiger charge is 2.33. The molecule has 1 aliphatic heterocycles. The van der Waals surface area contributed by atoms with E-state index in [1.54, 1.807) is 30.3 Å². The predicted molar refractivity (Wildman–Crippen MR) is 149 cm³/mol. The zero-order chi connectivity index (χ0) is 26.7. The molecular weight excluding hydrogens is 522 g/mol. The van der Waals surface area contributed by atoms with E-state index >= 15 is 0 Å². The minimum atomic E-state index is -3.72. The van der Waals surface area contributed by atoms with Crippen molar-refractivity contribution >= 4 is 50.3 Å². The molecular formula is C26H33N7O3S2. The summed E-state index contributed by atoms with van der Waals surface area (Å²) in [5.41, 5.74) is 8.02. The van der Waals surface area contributed by atoms with Gasteiger partial charge >= 0.3 is 6.03 Å². The third-order valence-electron chi connectivity index (χ3n) is 7.49. The van der Waals surface area contributed by atoms with Crippen LogP contribution in [0.5, 0.6) is 0 Å². The van der Waals surface area contributed by atoms with Gasteiger partial charge in [-0.2, -0.15) is 13.1 Å². The molecule has 1 saturated heterocycles. The molecule has 5 rings (SSSR count). The van der Waals surface area contributed by atoms with Crippen molar-refractivity contribution in [2.45, 2.75) is 68.3 Å². The second kappa shape index (κ2) is 11.3. The number of hydrogen-bond acceptors (Lipinski definition) is 7. The van der Waals surface area contributed by atoms with Crippen LogP contribution in [0.15, 0.2) is 47.4 Å². The van der Waals surface area contributed by atoms with Crippen molar-refractivity contribution in [1.82, 2.24) is 18.4 Å². The number of nitrogens with one attached hydrogen (secondary N) is 2. The molecule has 4 N–H and O–H groups in total. The second-order valence-electron chi connectivity index (χ2n) is 10.00. The van der Waals surface area contributed by atoms with Gasteiger partial charge in [0.05, 0.1) is 11.7 Å². The summed E-state index contributed by atoms with van der Waals surface area (Å²) >= 11 is 0.999. The van der Waals surface area contributed by atoms with Gasteiger partial charge in [0.15, 0.2) is 0 Å². The fourth-order valence-electron chi connectivity index (χ4n) is 5.45. The van der Waals surface area contributed by atoms with Gasteiger partial charge in [-0.05, 0) is 49.9 Å². The van der Waals surface area contributed by atoms with Crippen LogP contribution in [-0.4, -0.2) is 58.5 Å². The maximum atomic E-state index is 13.7. The number of piperidine rings is 1. The van der Waals surface area contributed by atoms with Crippen molar-refractivity contribution in [3.8, 4) is 0 Å². The lowest BCUT2D eigenvalue weighted by atomic mass is 10.0. The van der Waals surface area contributed by atoms with E-state index < -0.39 is 10.0 Å². The summed E-state index contributed by atoms with van der Waals surface area (Å²) in [7, 11) is -3.72. The van der Waals surface area contributed by atoms with Crippen molar-refractivity contribution in [1.29, 1.82) is 5.41 Å². The van der Waals surface area contributed by atoms with E-state index in [1.165, 1.54) is 4.31 Å². The Balaban J connectivity index is 1.30. The molecule has 1 aliphatic carbocycles. The molecule has 2 aromatic carbocycles. The van der Waals surface area contributed by atoms with Crippen LogP contribution in [0.4, 0.5) is 10.5 Å². The number of anilines is 1. The average Bonchev–Trinajstić information content (AvgIpc) is 3.25. The lowest BCUT2D eigenvalue weighted by Gasteiger charge is -2.36. The zero-order valence-electron chi connectivity index (χ0n) is 21.2. The molecule has 38 heavy (non-hydrogen) atoms. The number of aromatic nitrogens is 2. The van der Waals surface area contributed by atoms with Gasteiger partial charge in [-0.1, -0.05) is 43.9 Å². The third-order valence-corrected chi connectivity index (χ3v) is 9.97. The summed E-state index contributed by atoms with van der Waals surface area (Å²) in [6.07, 6.45) is 7.34. The highest BCUT2D eigenvalue weighted by Crippen LogP contribution is 2.29. The Morgan fingerprint density at radius 1 is 1.03 bits per heavy atom. The number of rotatable bonds is 6. The summed E-state index contributed by atoms with van der Waals surface area (Å²) < 4.78 is 36.6. The number of fused-ring (bicyclic) bond motifs is 1. The minimum absolute atomic E-state index is 0.0363. The lowest BCUT2D eigenvalue weighted by molar-refractivity contribution is 0.230. The van der Waals surface area contributed by atoms with E-state index in [0.717, 1.165) is 55.9 Å². The molecule has 0 bridgehead atoms. The molecule has 2 amide bonds. The van der Waals surface area contributed by atoms with E-state index in [4.69, 9.17) is 11.1 Å². The second-order valence-corrected chi connectivity index (χ2v) is 12.4. The van der Waals surface area contributed by atoms with Crippen LogP contribution in [0.3, 0.4) is 0 Å². The highest BCUT2D eigenvalue weighted by atomic mass is 32.2. The first kappa shape index (κ1) is 26.5. The van der Waals surface area contributed by atoms with Crippen molar-refractivity contribution in [2.24, 2.45) is 5.73 Å². The number of urea groups is 1. The van der Waals surface area contributed by atoms with Gasteiger partial charge in [-0.15, -0.1) is 0 Å². The Hall–Kier alpha value is -3.09. The largest absolute Gasteiger partial charge is 0.384 e. The molecule has 10 nitrogen and oxygen atoms in total. The van der Waals surface area contributed by atoms with Crippen LogP contribution in [0.2, 0.25) is 0 Å². The first-order chi connectivity index (χ1) is 18.3. The Morgan fingerprint density at radius 2 is 1.74 bits per heavy atom. The zero-order valence-corrected chi connectivity index (χ0v) is 22.8. The number of hydrogen-bond donors (Lipinski definition) is 3. The van der Waals surface area contributed by atoms with Crippen LogP contribution < -0.4 is 16.0 Å². The number of benzene rings is 2. The van der Waals surface area contributed by atoms with E-state index in [1.807, 2.05) is 17.0 Å². The molecule has 2 fully saturated rings. The lowest BCUT2D eigenvalue weighted by Crippen LogP contribution is -2.52. The summed E-state index contributed by atoms with van der Waals surface area (Å²) in [6, 6.07) is 12.0. The SMILES string of the molecule is N=C(N)c1cccc(N(C(=O)NC2CCN(S(=O)(=O)c3cccc4nsnc34)CC2)C2CCCCCC2)c1. The number of nitrogen functional groups attached to an aromatic ring is 1. The van der Waals surface area contributed by atoms with Gasteiger partial charge in [-0.25, -0.2) is 13.2 Å². The van der Waals surface area contributed by atoms with Gasteiger partial charge < -0.3 is 11.1 Å². The van der Waals surface area contributed by atoms with Crippen LogP contribution >= 0.6 is 11.7 Å². The van der Waals surface area contributed by atoms with Crippen LogP contribution in [-0.2, 0) is 10.0 Å². The Morgan fingerprint density at radius 3 is 2.45 bits per heavy atom. The van der Waals surface area contributed by atoms with Crippen LogP contribution in [0.25, 0.3) is 11.0 Å². The van der Waals surface area contributed by atoms with Crippen LogP contribution in [0.1, 0.15) is 56.9 Å². The number of carbonyl (C=O) groups excluding carboxylic acids is 1. The van der Waals surface area contributed by atoms with E-state index in [9.17, 15) is 13.2 Å². The van der Waals surface area contributed by atoms with Crippen LogP contribution in [0, 0.1) is 5.41 Å². The number of carbonyl (C=O) groups is 1. The van der Waals surface area contributed by atoms with Crippen molar-refractivity contribution in [3.63, 3.8) is 0 Å². The van der Waals surface area contributed by atoms with E-state index in [2.05, 4.69) is 14.1 Å². The Kier molecular flexibility index (Phi) is 7.91. The molecule has 1 aromatic heterocycles. The monoisotopic (exact) mass is 555 g/mol. The molecule has 2 aliphatic rings. The van der Waals surface area contributed by atoms with Crippen molar-refractivity contribution in [2.75, 3.05) is 18.0 Å². The normalized spacial score (nSPS) is 18.2. The fraction of sp³-hybridized carbons (Fsp3) is 0.462. The molecule has 0 unspecified atom stereocenters.